The van der Waals surface area contributed by atoms with Gasteiger partial charge in [-0.3, -0.25) is 4.79 Å². The van der Waals surface area contributed by atoms with Crippen LogP contribution >= 0.6 is 0 Å². The Morgan fingerprint density at radius 1 is 1.33 bits per heavy atom. The van der Waals surface area contributed by atoms with Crippen LogP contribution in [0.15, 0.2) is 0 Å². The maximum atomic E-state index is 10.4. The van der Waals surface area contributed by atoms with Gasteiger partial charge in [-0.1, -0.05) is 0 Å². The summed E-state index contributed by atoms with van der Waals surface area (Å²) in [6.07, 6.45) is 3.52. The summed E-state index contributed by atoms with van der Waals surface area (Å²) in [4.78, 5) is 12.7. The van der Waals surface area contributed by atoms with Crippen LogP contribution < -0.4 is 0 Å². The molecular weight excluding hydrogens is 194 g/mol. The minimum Gasteiger partial charge on any atom is -0.481 e. The number of carboxylic acid groups (broad SMARTS) is 1. The van der Waals surface area contributed by atoms with E-state index in [2.05, 4.69) is 4.90 Å². The van der Waals surface area contributed by atoms with Gasteiger partial charge in [0.15, 0.2) is 0 Å². The molecule has 2 rings (SSSR count). The molecule has 86 valence electrons. The third kappa shape index (κ3) is 2.69. The van der Waals surface area contributed by atoms with Gasteiger partial charge in [-0.2, -0.15) is 0 Å². The lowest BCUT2D eigenvalue weighted by Crippen LogP contribution is -2.50. The molecule has 1 N–H and O–H groups in total. The maximum Gasteiger partial charge on any atom is 0.303 e. The van der Waals surface area contributed by atoms with Crippen molar-refractivity contribution in [3.63, 3.8) is 0 Å². The molecule has 0 atom stereocenters. The molecule has 0 radical (unpaired) electrons. The van der Waals surface area contributed by atoms with E-state index < -0.39 is 5.97 Å². The van der Waals surface area contributed by atoms with Gasteiger partial charge < -0.3 is 14.7 Å². The Balaban J connectivity index is 1.63. The number of rotatable bonds is 4. The fraction of sp³-hybridized carbons (Fsp3) is 0.909. The maximum absolute atomic E-state index is 10.4. The van der Waals surface area contributed by atoms with Gasteiger partial charge in [0.2, 0.25) is 0 Å². The van der Waals surface area contributed by atoms with Crippen LogP contribution in [0.4, 0.5) is 0 Å². The Kier molecular flexibility index (Phi) is 3.26. The van der Waals surface area contributed by atoms with E-state index in [0.29, 0.717) is 11.8 Å². The lowest BCUT2D eigenvalue weighted by Gasteiger charge is -2.47. The number of carboxylic acids is 1. The molecule has 0 aliphatic carbocycles. The third-order valence-electron chi connectivity index (χ3n) is 3.60. The van der Waals surface area contributed by atoms with Gasteiger partial charge in [0.1, 0.15) is 0 Å². The van der Waals surface area contributed by atoms with Crippen molar-refractivity contribution in [2.75, 3.05) is 32.8 Å². The van der Waals surface area contributed by atoms with E-state index >= 15 is 0 Å². The molecule has 2 saturated heterocycles. The zero-order valence-corrected chi connectivity index (χ0v) is 9.07. The molecular formula is C11H19NO3. The molecule has 0 aromatic carbocycles. The zero-order valence-electron chi connectivity index (χ0n) is 9.07. The highest BCUT2D eigenvalue weighted by Crippen LogP contribution is 2.38. The predicted octanol–water partition coefficient (Wildman–Crippen LogP) is 0.964. The molecule has 0 unspecified atom stereocenters. The van der Waals surface area contributed by atoms with E-state index in [1.807, 2.05) is 0 Å². The van der Waals surface area contributed by atoms with Crippen LogP contribution in [0.25, 0.3) is 0 Å². The molecule has 0 bridgehead atoms. The van der Waals surface area contributed by atoms with Gasteiger partial charge in [0.25, 0.3) is 0 Å². The largest absolute Gasteiger partial charge is 0.481 e. The van der Waals surface area contributed by atoms with Crippen LogP contribution in [0.5, 0.6) is 0 Å². The highest BCUT2D eigenvalue weighted by Gasteiger charge is 2.40. The van der Waals surface area contributed by atoms with Crippen molar-refractivity contribution in [1.82, 2.24) is 4.90 Å². The van der Waals surface area contributed by atoms with Gasteiger partial charge in [-0.15, -0.1) is 0 Å². The lowest BCUT2D eigenvalue weighted by atomic mass is 9.77. The van der Waals surface area contributed by atoms with Gasteiger partial charge in [-0.25, -0.2) is 0 Å². The summed E-state index contributed by atoms with van der Waals surface area (Å²) in [7, 11) is 0. The molecule has 15 heavy (non-hydrogen) atoms. The minimum atomic E-state index is -0.684. The lowest BCUT2D eigenvalue weighted by molar-refractivity contribution is -0.140. The Bertz CT molecular complexity index is 228. The fourth-order valence-corrected chi connectivity index (χ4v) is 2.38. The minimum absolute atomic E-state index is 0.296. The van der Waals surface area contributed by atoms with Crippen molar-refractivity contribution >= 4 is 5.97 Å². The van der Waals surface area contributed by atoms with Crippen molar-refractivity contribution in [3.8, 4) is 0 Å². The quantitative estimate of drug-likeness (QED) is 0.755. The second-order valence-corrected chi connectivity index (χ2v) is 4.83. The molecule has 4 nitrogen and oxygen atoms in total. The van der Waals surface area contributed by atoms with E-state index in [0.717, 1.165) is 39.3 Å². The first-order valence-corrected chi connectivity index (χ1v) is 5.72. The second-order valence-electron chi connectivity index (χ2n) is 4.83. The van der Waals surface area contributed by atoms with E-state index in [4.69, 9.17) is 9.84 Å². The van der Waals surface area contributed by atoms with E-state index in [1.54, 1.807) is 0 Å². The zero-order chi connectivity index (χ0) is 10.7. The Labute approximate surface area is 90.2 Å². The van der Waals surface area contributed by atoms with E-state index in [-0.39, 0.29) is 0 Å². The van der Waals surface area contributed by atoms with Crippen LogP contribution in [0.3, 0.4) is 0 Å². The van der Waals surface area contributed by atoms with Gasteiger partial charge in [0, 0.05) is 11.8 Å². The molecule has 0 amide bonds. The molecule has 2 fully saturated rings. The summed E-state index contributed by atoms with van der Waals surface area (Å²) in [5.41, 5.74) is 0.489. The van der Waals surface area contributed by atoms with Crippen molar-refractivity contribution in [2.45, 2.75) is 25.7 Å². The molecule has 2 aliphatic heterocycles. The van der Waals surface area contributed by atoms with Gasteiger partial charge in [0.05, 0.1) is 13.2 Å². The number of aliphatic carboxylic acids is 1. The van der Waals surface area contributed by atoms with Crippen molar-refractivity contribution in [3.05, 3.63) is 0 Å². The van der Waals surface area contributed by atoms with E-state index in [1.165, 1.54) is 12.8 Å². The third-order valence-corrected chi connectivity index (χ3v) is 3.60. The van der Waals surface area contributed by atoms with Gasteiger partial charge in [-0.05, 0) is 38.9 Å². The van der Waals surface area contributed by atoms with Gasteiger partial charge >= 0.3 is 5.97 Å². The standard InChI is InChI=1S/C11H19NO3/c13-10(14)2-1-5-12-6-3-11(4-7-12)8-15-9-11/h1-9H2,(H,13,14). The molecule has 0 saturated carbocycles. The molecule has 1 spiro atoms. The fourth-order valence-electron chi connectivity index (χ4n) is 2.38. The number of hydrogen-bond acceptors (Lipinski definition) is 3. The molecule has 0 aromatic heterocycles. The van der Waals surface area contributed by atoms with Crippen molar-refractivity contribution in [2.24, 2.45) is 5.41 Å². The number of piperidine rings is 1. The molecule has 4 heteroatoms. The van der Waals surface area contributed by atoms with Crippen LogP contribution in [-0.4, -0.2) is 48.8 Å². The second kappa shape index (κ2) is 4.49. The summed E-state index contributed by atoms with van der Waals surface area (Å²) >= 11 is 0. The van der Waals surface area contributed by atoms with Crippen molar-refractivity contribution < 1.29 is 14.6 Å². The molecule has 2 heterocycles. The number of carbonyl (C=O) groups is 1. The van der Waals surface area contributed by atoms with Crippen LogP contribution in [0, 0.1) is 5.41 Å². The number of likely N-dealkylation sites (tertiary alicyclic amines) is 1. The average molecular weight is 213 g/mol. The highest BCUT2D eigenvalue weighted by molar-refractivity contribution is 5.66. The number of nitrogens with zero attached hydrogens (tertiary/aromatic N) is 1. The predicted molar refractivity (Wildman–Crippen MR) is 55.8 cm³/mol. The SMILES string of the molecule is O=C(O)CCCN1CCC2(CC1)COC2. The monoisotopic (exact) mass is 213 g/mol. The smallest absolute Gasteiger partial charge is 0.303 e. The van der Waals surface area contributed by atoms with Crippen LogP contribution in [-0.2, 0) is 9.53 Å². The molecule has 2 aliphatic rings. The summed E-state index contributed by atoms with van der Waals surface area (Å²) in [6, 6.07) is 0. The summed E-state index contributed by atoms with van der Waals surface area (Å²) in [5.74, 6) is -0.684. The summed E-state index contributed by atoms with van der Waals surface area (Å²) in [6.45, 7) is 5.04. The topological polar surface area (TPSA) is 49.8 Å². The number of hydrogen-bond donors (Lipinski definition) is 1. The highest BCUT2D eigenvalue weighted by atomic mass is 16.5. The first-order valence-electron chi connectivity index (χ1n) is 5.72. The summed E-state index contributed by atoms with van der Waals surface area (Å²) < 4.78 is 5.27. The van der Waals surface area contributed by atoms with Crippen LogP contribution in [0.2, 0.25) is 0 Å². The Morgan fingerprint density at radius 2 is 2.00 bits per heavy atom. The van der Waals surface area contributed by atoms with Crippen molar-refractivity contribution in [1.29, 1.82) is 0 Å². The first-order chi connectivity index (χ1) is 7.20. The summed E-state index contributed by atoms with van der Waals surface area (Å²) in [5, 5.41) is 8.54. The Hall–Kier alpha value is -0.610. The Morgan fingerprint density at radius 3 is 2.47 bits per heavy atom. The van der Waals surface area contributed by atoms with E-state index in [9.17, 15) is 4.79 Å². The van der Waals surface area contributed by atoms with Crippen LogP contribution in [0.1, 0.15) is 25.7 Å². The normalized spacial score (nSPS) is 25.1. The first kappa shape index (κ1) is 10.9. The molecule has 0 aromatic rings. The average Bonchev–Trinajstić information content (AvgIpc) is 2.16. The number of ether oxygens (including phenoxy) is 1.